The number of anilines is 1. The molecular weight excluding hydrogens is 200 g/mol. The highest BCUT2D eigenvalue weighted by molar-refractivity contribution is 5.46. The summed E-state index contributed by atoms with van der Waals surface area (Å²) in [7, 11) is 0. The molecule has 1 fully saturated rings. The highest BCUT2D eigenvalue weighted by Crippen LogP contribution is 2.26. The fraction of sp³-hybridized carbons (Fsp3) is 0.538. The Morgan fingerprint density at radius 2 is 2.06 bits per heavy atom. The lowest BCUT2D eigenvalue weighted by atomic mass is 9.91. The van der Waals surface area contributed by atoms with E-state index in [0.717, 1.165) is 18.8 Å². The van der Waals surface area contributed by atoms with Gasteiger partial charge in [-0.2, -0.15) is 0 Å². The molecule has 1 saturated carbocycles. The minimum absolute atomic E-state index is 0.225. The third-order valence-electron chi connectivity index (χ3n) is 3.41. The van der Waals surface area contributed by atoms with E-state index >= 15 is 0 Å². The van der Waals surface area contributed by atoms with Gasteiger partial charge in [-0.1, -0.05) is 24.6 Å². The molecule has 0 aromatic heterocycles. The van der Waals surface area contributed by atoms with Crippen molar-refractivity contribution in [1.82, 2.24) is 4.90 Å². The number of nitrogens with two attached hydrogens (primary N) is 1. The van der Waals surface area contributed by atoms with Gasteiger partial charge in [-0.25, -0.2) is 0 Å². The van der Waals surface area contributed by atoms with E-state index in [1.165, 1.54) is 24.8 Å². The highest BCUT2D eigenvalue weighted by Gasteiger charge is 2.24. The van der Waals surface area contributed by atoms with Gasteiger partial charge in [0.05, 0.1) is 6.61 Å². The summed E-state index contributed by atoms with van der Waals surface area (Å²) in [5, 5.41) is 9.08. The second-order valence-corrected chi connectivity index (χ2v) is 4.48. The summed E-state index contributed by atoms with van der Waals surface area (Å²) in [6.45, 7) is 1.83. The normalized spacial score (nSPS) is 16.4. The Balaban J connectivity index is 2.01. The maximum atomic E-state index is 9.08. The van der Waals surface area contributed by atoms with Crippen molar-refractivity contribution in [2.45, 2.75) is 31.8 Å². The summed E-state index contributed by atoms with van der Waals surface area (Å²) in [6.07, 6.45) is 3.83. The minimum Gasteiger partial charge on any atom is -0.398 e. The van der Waals surface area contributed by atoms with Crippen molar-refractivity contribution < 1.29 is 5.11 Å². The highest BCUT2D eigenvalue weighted by atomic mass is 16.3. The van der Waals surface area contributed by atoms with Crippen LogP contribution in [0.25, 0.3) is 0 Å². The van der Waals surface area contributed by atoms with Crippen molar-refractivity contribution >= 4 is 5.69 Å². The zero-order valence-electron chi connectivity index (χ0n) is 9.60. The molecule has 0 saturated heterocycles. The van der Waals surface area contributed by atoms with Crippen LogP contribution in [-0.2, 0) is 6.54 Å². The number of benzene rings is 1. The van der Waals surface area contributed by atoms with Gasteiger partial charge in [0.1, 0.15) is 0 Å². The predicted molar refractivity (Wildman–Crippen MR) is 66.0 cm³/mol. The van der Waals surface area contributed by atoms with Crippen LogP contribution in [0.2, 0.25) is 0 Å². The van der Waals surface area contributed by atoms with E-state index in [1.54, 1.807) is 0 Å². The van der Waals surface area contributed by atoms with Gasteiger partial charge >= 0.3 is 0 Å². The number of aliphatic hydroxyl groups excluding tert-OH is 1. The van der Waals surface area contributed by atoms with Crippen LogP contribution >= 0.6 is 0 Å². The Bertz CT molecular complexity index is 336. The fourth-order valence-electron chi connectivity index (χ4n) is 2.17. The smallest absolute Gasteiger partial charge is 0.0558 e. The first-order valence-electron chi connectivity index (χ1n) is 5.99. The molecule has 88 valence electrons. The Morgan fingerprint density at radius 1 is 1.31 bits per heavy atom. The topological polar surface area (TPSA) is 49.5 Å². The molecule has 0 atom stereocenters. The van der Waals surface area contributed by atoms with Crippen LogP contribution in [0.3, 0.4) is 0 Å². The van der Waals surface area contributed by atoms with E-state index in [0.29, 0.717) is 6.04 Å². The monoisotopic (exact) mass is 220 g/mol. The Hall–Kier alpha value is -1.06. The molecule has 3 heteroatoms. The molecule has 0 radical (unpaired) electrons. The van der Waals surface area contributed by atoms with E-state index in [2.05, 4.69) is 11.0 Å². The maximum Gasteiger partial charge on any atom is 0.0558 e. The van der Waals surface area contributed by atoms with Crippen LogP contribution in [0.1, 0.15) is 24.8 Å². The Kier molecular flexibility index (Phi) is 3.80. The molecule has 2 rings (SSSR count). The molecule has 0 spiro atoms. The summed E-state index contributed by atoms with van der Waals surface area (Å²) in [5.74, 6) is 0. The van der Waals surface area contributed by atoms with E-state index in [-0.39, 0.29) is 6.61 Å². The van der Waals surface area contributed by atoms with Gasteiger partial charge in [-0.3, -0.25) is 4.90 Å². The van der Waals surface area contributed by atoms with Gasteiger partial charge in [0.2, 0.25) is 0 Å². The lowest BCUT2D eigenvalue weighted by Crippen LogP contribution is -2.41. The van der Waals surface area contributed by atoms with Crippen molar-refractivity contribution in [3.8, 4) is 0 Å². The van der Waals surface area contributed by atoms with Crippen molar-refractivity contribution in [2.75, 3.05) is 18.9 Å². The predicted octanol–water partition coefficient (Wildman–Crippen LogP) is 1.62. The molecule has 0 aliphatic heterocycles. The number of hydrogen-bond acceptors (Lipinski definition) is 3. The molecule has 0 bridgehead atoms. The molecule has 1 aliphatic carbocycles. The Morgan fingerprint density at radius 3 is 2.62 bits per heavy atom. The number of aliphatic hydroxyl groups is 1. The average Bonchev–Trinajstić information content (AvgIpc) is 2.19. The number of hydrogen-bond donors (Lipinski definition) is 2. The average molecular weight is 220 g/mol. The summed E-state index contributed by atoms with van der Waals surface area (Å²) < 4.78 is 0. The zero-order chi connectivity index (χ0) is 11.4. The molecule has 0 unspecified atom stereocenters. The molecule has 1 aromatic carbocycles. The van der Waals surface area contributed by atoms with E-state index in [1.807, 2.05) is 18.2 Å². The summed E-state index contributed by atoms with van der Waals surface area (Å²) in [6, 6.07) is 8.63. The third-order valence-corrected chi connectivity index (χ3v) is 3.41. The Labute approximate surface area is 96.9 Å². The van der Waals surface area contributed by atoms with Crippen LogP contribution in [0.4, 0.5) is 5.69 Å². The summed E-state index contributed by atoms with van der Waals surface area (Å²) >= 11 is 0. The van der Waals surface area contributed by atoms with Crippen molar-refractivity contribution in [3.63, 3.8) is 0 Å². The number of nitrogen functional groups attached to an aromatic ring is 1. The molecule has 3 N–H and O–H groups in total. The second-order valence-electron chi connectivity index (χ2n) is 4.48. The van der Waals surface area contributed by atoms with Gasteiger partial charge in [0, 0.05) is 24.8 Å². The summed E-state index contributed by atoms with van der Waals surface area (Å²) in [5.41, 5.74) is 7.96. The minimum atomic E-state index is 0.225. The summed E-state index contributed by atoms with van der Waals surface area (Å²) in [4.78, 5) is 2.34. The molecule has 16 heavy (non-hydrogen) atoms. The van der Waals surface area contributed by atoms with Gasteiger partial charge in [-0.05, 0) is 24.5 Å². The fourth-order valence-corrected chi connectivity index (χ4v) is 2.17. The van der Waals surface area contributed by atoms with E-state index in [9.17, 15) is 0 Å². The van der Waals surface area contributed by atoms with Crippen LogP contribution in [0.15, 0.2) is 24.3 Å². The SMILES string of the molecule is Nc1ccccc1CN(CCO)C1CCC1. The van der Waals surface area contributed by atoms with Crippen LogP contribution in [-0.4, -0.2) is 29.2 Å². The quantitative estimate of drug-likeness (QED) is 0.741. The number of nitrogens with zero attached hydrogens (tertiary/aromatic N) is 1. The molecule has 3 nitrogen and oxygen atoms in total. The van der Waals surface area contributed by atoms with Gasteiger partial charge in [-0.15, -0.1) is 0 Å². The van der Waals surface area contributed by atoms with Crippen molar-refractivity contribution in [2.24, 2.45) is 0 Å². The first-order chi connectivity index (χ1) is 7.81. The van der Waals surface area contributed by atoms with Gasteiger partial charge < -0.3 is 10.8 Å². The van der Waals surface area contributed by atoms with Gasteiger partial charge in [0.15, 0.2) is 0 Å². The van der Waals surface area contributed by atoms with E-state index in [4.69, 9.17) is 10.8 Å². The molecule has 1 aliphatic rings. The lowest BCUT2D eigenvalue weighted by molar-refractivity contribution is 0.0947. The molecular formula is C13H20N2O. The zero-order valence-corrected chi connectivity index (χ0v) is 9.60. The first kappa shape index (κ1) is 11.4. The lowest BCUT2D eigenvalue weighted by Gasteiger charge is -2.37. The van der Waals surface area contributed by atoms with Gasteiger partial charge in [0.25, 0.3) is 0 Å². The van der Waals surface area contributed by atoms with Crippen LogP contribution in [0.5, 0.6) is 0 Å². The maximum absolute atomic E-state index is 9.08. The molecule has 0 heterocycles. The van der Waals surface area contributed by atoms with Crippen molar-refractivity contribution in [3.05, 3.63) is 29.8 Å². The largest absolute Gasteiger partial charge is 0.398 e. The van der Waals surface area contributed by atoms with Crippen molar-refractivity contribution in [1.29, 1.82) is 0 Å². The van der Waals surface area contributed by atoms with Crippen LogP contribution in [0, 0.1) is 0 Å². The van der Waals surface area contributed by atoms with Crippen LogP contribution < -0.4 is 5.73 Å². The standard InChI is InChI=1S/C13H20N2O/c14-13-7-2-1-4-11(13)10-15(8-9-16)12-5-3-6-12/h1-2,4,7,12,16H,3,5-6,8-10,14H2. The third kappa shape index (κ3) is 2.54. The first-order valence-corrected chi connectivity index (χ1v) is 5.99. The molecule has 1 aromatic rings. The number of para-hydroxylation sites is 1. The molecule has 0 amide bonds. The number of rotatable bonds is 5. The van der Waals surface area contributed by atoms with E-state index < -0.39 is 0 Å². The second kappa shape index (κ2) is 5.32.